The van der Waals surface area contributed by atoms with E-state index in [1.54, 1.807) is 30.3 Å². The number of amides is 1. The van der Waals surface area contributed by atoms with E-state index in [9.17, 15) is 9.90 Å². The lowest BCUT2D eigenvalue weighted by Gasteiger charge is -2.10. The molecule has 0 atom stereocenters. The maximum Gasteiger partial charge on any atom is 0.259 e. The lowest BCUT2D eigenvalue weighted by molar-refractivity contribution is 0.102. The summed E-state index contributed by atoms with van der Waals surface area (Å²) in [7, 11) is 1.41. The SMILES string of the molecule is COc1cccc(C(=O)Nc2cccc(Cl)c2Cl)c1O. The molecule has 2 aromatic rings. The zero-order valence-electron chi connectivity index (χ0n) is 10.5. The number of carbonyl (C=O) groups is 1. The van der Waals surface area contributed by atoms with Crippen molar-refractivity contribution in [1.29, 1.82) is 0 Å². The van der Waals surface area contributed by atoms with Crippen molar-refractivity contribution < 1.29 is 14.6 Å². The number of hydrogen-bond donors (Lipinski definition) is 2. The number of phenols is 1. The molecule has 0 heterocycles. The fourth-order valence-corrected chi connectivity index (χ4v) is 2.01. The first kappa shape index (κ1) is 14.5. The van der Waals surface area contributed by atoms with E-state index in [0.717, 1.165) is 0 Å². The maximum atomic E-state index is 12.1. The molecular weight excluding hydrogens is 301 g/mol. The van der Waals surface area contributed by atoms with Crippen LogP contribution in [0.25, 0.3) is 0 Å². The largest absolute Gasteiger partial charge is 0.504 e. The van der Waals surface area contributed by atoms with E-state index in [2.05, 4.69) is 5.32 Å². The molecule has 0 fully saturated rings. The van der Waals surface area contributed by atoms with Gasteiger partial charge < -0.3 is 15.2 Å². The van der Waals surface area contributed by atoms with Crippen LogP contribution < -0.4 is 10.1 Å². The van der Waals surface area contributed by atoms with Crippen LogP contribution in [-0.2, 0) is 0 Å². The minimum Gasteiger partial charge on any atom is -0.504 e. The van der Waals surface area contributed by atoms with E-state index in [1.807, 2.05) is 0 Å². The second kappa shape index (κ2) is 6.03. The van der Waals surface area contributed by atoms with E-state index in [1.165, 1.54) is 13.2 Å². The maximum absolute atomic E-state index is 12.1. The molecule has 2 rings (SSSR count). The van der Waals surface area contributed by atoms with Gasteiger partial charge in [0.2, 0.25) is 0 Å². The highest BCUT2D eigenvalue weighted by Crippen LogP contribution is 2.32. The van der Waals surface area contributed by atoms with Crippen LogP contribution in [0.4, 0.5) is 5.69 Å². The molecule has 2 aromatic carbocycles. The summed E-state index contributed by atoms with van der Waals surface area (Å²) >= 11 is 11.9. The van der Waals surface area contributed by atoms with Crippen LogP contribution in [0.2, 0.25) is 10.0 Å². The summed E-state index contributed by atoms with van der Waals surface area (Å²) in [5.74, 6) is -0.522. The minimum atomic E-state index is -0.509. The van der Waals surface area contributed by atoms with Crippen molar-refractivity contribution in [2.45, 2.75) is 0 Å². The van der Waals surface area contributed by atoms with Crippen molar-refractivity contribution in [3.05, 3.63) is 52.0 Å². The molecule has 6 heteroatoms. The molecule has 0 aliphatic carbocycles. The van der Waals surface area contributed by atoms with Gasteiger partial charge in [-0.25, -0.2) is 0 Å². The third-order valence-corrected chi connectivity index (χ3v) is 3.48. The first-order chi connectivity index (χ1) is 9.54. The molecule has 104 valence electrons. The Labute approximate surface area is 125 Å². The Morgan fingerprint density at radius 1 is 1.20 bits per heavy atom. The van der Waals surface area contributed by atoms with Crippen molar-refractivity contribution >= 4 is 34.8 Å². The highest BCUT2D eigenvalue weighted by Gasteiger charge is 2.16. The number of rotatable bonds is 3. The Bertz CT molecular complexity index is 659. The molecule has 0 spiro atoms. The van der Waals surface area contributed by atoms with E-state index < -0.39 is 5.91 Å². The Kier molecular flexibility index (Phi) is 4.37. The van der Waals surface area contributed by atoms with Gasteiger partial charge in [0.1, 0.15) is 0 Å². The first-order valence-electron chi connectivity index (χ1n) is 5.66. The summed E-state index contributed by atoms with van der Waals surface area (Å²) in [5, 5.41) is 13.1. The standard InChI is InChI=1S/C14H11Cl2NO3/c1-20-11-7-2-4-8(13(11)18)14(19)17-10-6-3-5-9(15)12(10)16/h2-7,18H,1H3,(H,17,19). The fraction of sp³-hybridized carbons (Fsp3) is 0.0714. The van der Waals surface area contributed by atoms with Gasteiger partial charge in [-0.1, -0.05) is 35.3 Å². The van der Waals surface area contributed by atoms with Gasteiger partial charge in [-0.15, -0.1) is 0 Å². The summed E-state index contributed by atoms with van der Waals surface area (Å²) in [6, 6.07) is 9.53. The number of benzene rings is 2. The monoisotopic (exact) mass is 311 g/mol. The molecule has 0 aliphatic rings. The number of para-hydroxylation sites is 1. The topological polar surface area (TPSA) is 58.6 Å². The molecule has 20 heavy (non-hydrogen) atoms. The molecule has 1 amide bonds. The number of halogens is 2. The molecule has 0 bridgehead atoms. The molecule has 0 saturated heterocycles. The quantitative estimate of drug-likeness (QED) is 0.902. The molecular formula is C14H11Cl2NO3. The van der Waals surface area contributed by atoms with Crippen LogP contribution in [0, 0.1) is 0 Å². The van der Waals surface area contributed by atoms with Gasteiger partial charge in [0.15, 0.2) is 11.5 Å². The number of hydrogen-bond acceptors (Lipinski definition) is 3. The lowest BCUT2D eigenvalue weighted by atomic mass is 10.1. The Balaban J connectivity index is 2.31. The summed E-state index contributed by atoms with van der Waals surface area (Å²) < 4.78 is 4.95. The molecule has 0 saturated carbocycles. The van der Waals surface area contributed by atoms with Gasteiger partial charge in [-0.2, -0.15) is 0 Å². The lowest BCUT2D eigenvalue weighted by Crippen LogP contribution is -2.12. The minimum absolute atomic E-state index is 0.0837. The second-order valence-corrected chi connectivity index (χ2v) is 4.70. The highest BCUT2D eigenvalue weighted by molar-refractivity contribution is 6.44. The van der Waals surface area contributed by atoms with Gasteiger partial charge in [0.05, 0.1) is 28.4 Å². The second-order valence-electron chi connectivity index (χ2n) is 3.91. The van der Waals surface area contributed by atoms with Gasteiger partial charge in [-0.3, -0.25) is 4.79 Å². The van der Waals surface area contributed by atoms with Crippen LogP contribution in [0.15, 0.2) is 36.4 Å². The predicted octanol–water partition coefficient (Wildman–Crippen LogP) is 3.96. The molecule has 2 N–H and O–H groups in total. The Morgan fingerprint density at radius 2 is 1.90 bits per heavy atom. The highest BCUT2D eigenvalue weighted by atomic mass is 35.5. The molecule has 0 unspecified atom stereocenters. The zero-order valence-corrected chi connectivity index (χ0v) is 12.0. The Hall–Kier alpha value is -1.91. The Morgan fingerprint density at radius 3 is 2.60 bits per heavy atom. The molecule has 0 radical (unpaired) electrons. The van der Waals surface area contributed by atoms with Crippen LogP contribution in [0.3, 0.4) is 0 Å². The average molecular weight is 312 g/mol. The van der Waals surface area contributed by atoms with Crippen molar-refractivity contribution in [3.63, 3.8) is 0 Å². The summed E-state index contributed by atoms with van der Waals surface area (Å²) in [6.45, 7) is 0. The van der Waals surface area contributed by atoms with Crippen molar-refractivity contribution in [2.24, 2.45) is 0 Å². The third-order valence-electron chi connectivity index (χ3n) is 2.66. The average Bonchev–Trinajstić information content (AvgIpc) is 2.44. The van der Waals surface area contributed by atoms with Crippen LogP contribution in [0.5, 0.6) is 11.5 Å². The number of phenolic OH excluding ortho intramolecular Hbond substituents is 1. The number of anilines is 1. The van der Waals surface area contributed by atoms with E-state index in [0.29, 0.717) is 10.7 Å². The zero-order chi connectivity index (χ0) is 14.7. The number of ether oxygens (including phenoxy) is 1. The summed E-state index contributed by atoms with van der Waals surface area (Å²) in [5.41, 5.74) is 0.451. The number of nitrogens with one attached hydrogen (secondary N) is 1. The van der Waals surface area contributed by atoms with Crippen LogP contribution in [-0.4, -0.2) is 18.1 Å². The van der Waals surface area contributed by atoms with Crippen molar-refractivity contribution in [1.82, 2.24) is 0 Å². The van der Waals surface area contributed by atoms with Crippen molar-refractivity contribution in [2.75, 3.05) is 12.4 Å². The first-order valence-corrected chi connectivity index (χ1v) is 6.41. The van der Waals surface area contributed by atoms with Gasteiger partial charge >= 0.3 is 0 Å². The predicted molar refractivity (Wildman–Crippen MR) is 79.1 cm³/mol. The molecule has 0 aliphatic heterocycles. The smallest absolute Gasteiger partial charge is 0.259 e. The number of aromatic hydroxyl groups is 1. The van der Waals surface area contributed by atoms with E-state index >= 15 is 0 Å². The van der Waals surface area contributed by atoms with E-state index in [-0.39, 0.29) is 22.1 Å². The fourth-order valence-electron chi connectivity index (χ4n) is 1.66. The summed E-state index contributed by atoms with van der Waals surface area (Å²) in [6.07, 6.45) is 0. The molecule has 4 nitrogen and oxygen atoms in total. The number of methoxy groups -OCH3 is 1. The van der Waals surface area contributed by atoms with Crippen molar-refractivity contribution in [3.8, 4) is 11.5 Å². The number of carbonyl (C=O) groups excluding carboxylic acids is 1. The molecule has 0 aromatic heterocycles. The van der Waals surface area contributed by atoms with Crippen LogP contribution in [0.1, 0.15) is 10.4 Å². The van der Waals surface area contributed by atoms with E-state index in [4.69, 9.17) is 27.9 Å². The summed E-state index contributed by atoms with van der Waals surface area (Å²) in [4.78, 5) is 12.1. The van der Waals surface area contributed by atoms with Gasteiger partial charge in [0, 0.05) is 0 Å². The third kappa shape index (κ3) is 2.81. The van der Waals surface area contributed by atoms with Gasteiger partial charge in [-0.05, 0) is 24.3 Å². The van der Waals surface area contributed by atoms with Crippen LogP contribution >= 0.6 is 23.2 Å². The normalized spacial score (nSPS) is 10.2. The van der Waals surface area contributed by atoms with Gasteiger partial charge in [0.25, 0.3) is 5.91 Å².